The highest BCUT2D eigenvalue weighted by Crippen LogP contribution is 2.25. The topological polar surface area (TPSA) is 74.8 Å². The molecule has 0 saturated carbocycles. The lowest BCUT2D eigenvalue weighted by Gasteiger charge is -2.10. The lowest BCUT2D eigenvalue weighted by atomic mass is 10.2. The van der Waals surface area contributed by atoms with E-state index >= 15 is 0 Å². The van der Waals surface area contributed by atoms with Gasteiger partial charge in [-0.2, -0.15) is 0 Å². The van der Waals surface area contributed by atoms with Crippen molar-refractivity contribution in [2.24, 2.45) is 0 Å². The standard InChI is InChI=1S/C20H22ClN5O2S/c1-13-10-18(14(2)26(13)16-7-5-15(21)6-8-16)19(27)12-29-20-22-23-24-25(20)11-17-4-3-9-28-17/h5-8,10,17H,3-4,9,11-12H2,1-2H3/t17-/m1/s1. The van der Waals surface area contributed by atoms with Crippen LogP contribution >= 0.6 is 23.4 Å². The van der Waals surface area contributed by atoms with Crippen LogP contribution < -0.4 is 0 Å². The van der Waals surface area contributed by atoms with Gasteiger partial charge in [-0.1, -0.05) is 23.4 Å². The fourth-order valence-corrected chi connectivity index (χ4v) is 4.53. The molecule has 4 rings (SSSR count). The van der Waals surface area contributed by atoms with E-state index in [9.17, 15) is 4.79 Å². The van der Waals surface area contributed by atoms with Gasteiger partial charge >= 0.3 is 0 Å². The number of Topliss-reactive ketones (excluding diaryl/α,β-unsaturated/α-hetero) is 1. The smallest absolute Gasteiger partial charge is 0.209 e. The minimum absolute atomic E-state index is 0.0509. The second-order valence-corrected chi connectivity index (χ2v) is 8.47. The number of ketones is 1. The Morgan fingerprint density at radius 2 is 2.10 bits per heavy atom. The third kappa shape index (κ3) is 4.39. The molecule has 0 spiro atoms. The first-order valence-corrected chi connectivity index (χ1v) is 10.9. The molecule has 1 aromatic carbocycles. The van der Waals surface area contributed by atoms with Crippen LogP contribution in [0.3, 0.4) is 0 Å². The number of rotatable bonds is 7. The Kier molecular flexibility index (Phi) is 6.03. The number of hydrogen-bond acceptors (Lipinski definition) is 6. The third-order valence-corrected chi connectivity index (χ3v) is 6.26. The van der Waals surface area contributed by atoms with Gasteiger partial charge in [0.2, 0.25) is 5.16 Å². The minimum atomic E-state index is 0.0509. The first kappa shape index (κ1) is 20.1. The zero-order chi connectivity index (χ0) is 20.4. The van der Waals surface area contributed by atoms with Crippen LogP contribution in [0.15, 0.2) is 35.5 Å². The maximum Gasteiger partial charge on any atom is 0.209 e. The Labute approximate surface area is 178 Å². The van der Waals surface area contributed by atoms with Gasteiger partial charge in [0.05, 0.1) is 18.4 Å². The van der Waals surface area contributed by atoms with Crippen molar-refractivity contribution in [2.45, 2.75) is 44.5 Å². The molecule has 0 aliphatic carbocycles. The molecule has 0 amide bonds. The molecular formula is C20H22ClN5O2S. The highest BCUT2D eigenvalue weighted by Gasteiger charge is 2.21. The lowest BCUT2D eigenvalue weighted by Crippen LogP contribution is -2.17. The second kappa shape index (κ2) is 8.69. The van der Waals surface area contributed by atoms with Crippen LogP contribution in [0.4, 0.5) is 0 Å². The summed E-state index contributed by atoms with van der Waals surface area (Å²) in [6.07, 6.45) is 2.23. The molecule has 3 aromatic rings. The number of carbonyl (C=O) groups is 1. The molecule has 1 saturated heterocycles. The van der Waals surface area contributed by atoms with Crippen LogP contribution in [0, 0.1) is 13.8 Å². The van der Waals surface area contributed by atoms with Crippen molar-refractivity contribution in [1.82, 2.24) is 24.8 Å². The molecule has 152 valence electrons. The molecule has 0 bridgehead atoms. The van der Waals surface area contributed by atoms with E-state index in [1.54, 1.807) is 4.68 Å². The summed E-state index contributed by atoms with van der Waals surface area (Å²) < 4.78 is 9.45. The summed E-state index contributed by atoms with van der Waals surface area (Å²) >= 11 is 7.36. The van der Waals surface area contributed by atoms with E-state index in [1.807, 2.05) is 44.2 Å². The largest absolute Gasteiger partial charge is 0.376 e. The minimum Gasteiger partial charge on any atom is -0.376 e. The number of halogens is 1. The maximum absolute atomic E-state index is 12.9. The molecule has 1 aliphatic heterocycles. The highest BCUT2D eigenvalue weighted by molar-refractivity contribution is 7.99. The fourth-order valence-electron chi connectivity index (χ4n) is 3.64. The quantitative estimate of drug-likeness (QED) is 0.417. The van der Waals surface area contributed by atoms with Crippen molar-refractivity contribution in [1.29, 1.82) is 0 Å². The summed E-state index contributed by atoms with van der Waals surface area (Å²) in [7, 11) is 0. The predicted octanol–water partition coefficient (Wildman–Crippen LogP) is 3.89. The van der Waals surface area contributed by atoms with Crippen LogP contribution in [0.25, 0.3) is 5.69 Å². The summed E-state index contributed by atoms with van der Waals surface area (Å²) in [4.78, 5) is 12.9. The fraction of sp³-hybridized carbons (Fsp3) is 0.400. The molecular weight excluding hydrogens is 410 g/mol. The second-order valence-electron chi connectivity index (χ2n) is 7.09. The van der Waals surface area contributed by atoms with E-state index in [2.05, 4.69) is 20.1 Å². The zero-order valence-corrected chi connectivity index (χ0v) is 17.9. The predicted molar refractivity (Wildman–Crippen MR) is 112 cm³/mol. The summed E-state index contributed by atoms with van der Waals surface area (Å²) in [6.45, 7) is 5.36. The van der Waals surface area contributed by atoms with E-state index in [4.69, 9.17) is 16.3 Å². The molecule has 29 heavy (non-hydrogen) atoms. The van der Waals surface area contributed by atoms with Crippen LogP contribution in [-0.4, -0.2) is 49.0 Å². The first-order chi connectivity index (χ1) is 14.0. The van der Waals surface area contributed by atoms with Crippen molar-refractivity contribution in [2.75, 3.05) is 12.4 Å². The number of benzene rings is 1. The molecule has 9 heteroatoms. The van der Waals surface area contributed by atoms with Gasteiger partial charge in [0.15, 0.2) is 5.78 Å². The van der Waals surface area contributed by atoms with E-state index in [-0.39, 0.29) is 17.6 Å². The Morgan fingerprint density at radius 3 is 2.83 bits per heavy atom. The number of aromatic nitrogens is 5. The summed E-state index contributed by atoms with van der Waals surface area (Å²) in [5, 5.41) is 13.2. The van der Waals surface area contributed by atoms with Gasteiger partial charge in [0.25, 0.3) is 0 Å². The van der Waals surface area contributed by atoms with Crippen LogP contribution in [0.1, 0.15) is 34.6 Å². The summed E-state index contributed by atoms with van der Waals surface area (Å²) in [5.74, 6) is 0.326. The molecule has 0 unspecified atom stereocenters. The van der Waals surface area contributed by atoms with E-state index in [1.165, 1.54) is 11.8 Å². The van der Waals surface area contributed by atoms with Crippen molar-refractivity contribution in [3.8, 4) is 5.69 Å². The average molecular weight is 432 g/mol. The SMILES string of the molecule is Cc1cc(C(=O)CSc2nnnn2C[C@H]2CCCO2)c(C)n1-c1ccc(Cl)cc1. The normalized spacial score (nSPS) is 16.4. The molecule has 1 aliphatic rings. The molecule has 1 atom stereocenters. The van der Waals surface area contributed by atoms with Crippen molar-refractivity contribution in [3.63, 3.8) is 0 Å². The van der Waals surface area contributed by atoms with Gasteiger partial charge in [-0.25, -0.2) is 4.68 Å². The van der Waals surface area contributed by atoms with Crippen molar-refractivity contribution in [3.05, 3.63) is 52.3 Å². The Hall–Kier alpha value is -2.16. The van der Waals surface area contributed by atoms with Gasteiger partial charge in [-0.3, -0.25) is 4.79 Å². The summed E-state index contributed by atoms with van der Waals surface area (Å²) in [5.41, 5.74) is 3.61. The first-order valence-electron chi connectivity index (χ1n) is 9.51. The van der Waals surface area contributed by atoms with Gasteiger partial charge in [0.1, 0.15) is 0 Å². The maximum atomic E-state index is 12.9. The molecule has 2 aromatic heterocycles. The monoisotopic (exact) mass is 431 g/mol. The number of aryl methyl sites for hydroxylation is 1. The molecule has 0 radical (unpaired) electrons. The van der Waals surface area contributed by atoms with E-state index in [0.29, 0.717) is 22.3 Å². The number of nitrogens with zero attached hydrogens (tertiary/aromatic N) is 5. The van der Waals surface area contributed by atoms with E-state index < -0.39 is 0 Å². The van der Waals surface area contributed by atoms with Crippen LogP contribution in [0.2, 0.25) is 5.02 Å². The van der Waals surface area contributed by atoms with Gasteiger partial charge in [-0.15, -0.1) is 5.10 Å². The van der Waals surface area contributed by atoms with Crippen LogP contribution in [-0.2, 0) is 11.3 Å². The van der Waals surface area contributed by atoms with Crippen LogP contribution in [0.5, 0.6) is 0 Å². The Balaban J connectivity index is 1.46. The van der Waals surface area contributed by atoms with Crippen molar-refractivity contribution < 1.29 is 9.53 Å². The molecule has 0 N–H and O–H groups in total. The van der Waals surface area contributed by atoms with Gasteiger partial charge in [-0.05, 0) is 67.4 Å². The van der Waals surface area contributed by atoms with E-state index in [0.717, 1.165) is 36.5 Å². The summed E-state index contributed by atoms with van der Waals surface area (Å²) in [6, 6.07) is 9.53. The molecule has 3 heterocycles. The number of thioether (sulfide) groups is 1. The van der Waals surface area contributed by atoms with Gasteiger partial charge < -0.3 is 9.30 Å². The average Bonchev–Trinajstić information content (AvgIpc) is 3.43. The molecule has 7 nitrogen and oxygen atoms in total. The van der Waals surface area contributed by atoms with Gasteiger partial charge in [0, 0.05) is 34.3 Å². The lowest BCUT2D eigenvalue weighted by molar-refractivity contribution is 0.0912. The highest BCUT2D eigenvalue weighted by atomic mass is 35.5. The molecule has 1 fully saturated rings. The third-order valence-electron chi connectivity index (χ3n) is 5.05. The van der Waals surface area contributed by atoms with Crippen molar-refractivity contribution >= 4 is 29.1 Å². The Bertz CT molecular complexity index is 1010. The Morgan fingerprint density at radius 1 is 1.31 bits per heavy atom. The number of hydrogen-bond donors (Lipinski definition) is 0. The zero-order valence-electron chi connectivity index (χ0n) is 16.3. The number of tetrazole rings is 1. The number of carbonyl (C=O) groups excluding carboxylic acids is 1. The number of ether oxygens (including phenoxy) is 1.